The van der Waals surface area contributed by atoms with Gasteiger partial charge in [-0.15, -0.1) is 0 Å². The molecule has 178 valence electrons. The summed E-state index contributed by atoms with van der Waals surface area (Å²) in [6.07, 6.45) is 2.48. The minimum Gasteiger partial charge on any atom is -0.367 e. The Morgan fingerprint density at radius 1 is 1.21 bits per heavy atom. The van der Waals surface area contributed by atoms with Crippen molar-refractivity contribution in [3.63, 3.8) is 0 Å². The van der Waals surface area contributed by atoms with Gasteiger partial charge in [-0.3, -0.25) is 14.5 Å². The first kappa shape index (κ1) is 24.2. The van der Waals surface area contributed by atoms with Crippen molar-refractivity contribution in [3.8, 4) is 0 Å². The highest BCUT2D eigenvalue weighted by Gasteiger charge is 2.19. The number of nitrogens with two attached hydrogens (primary N) is 2. The van der Waals surface area contributed by atoms with Gasteiger partial charge in [-0.1, -0.05) is 13.8 Å². The van der Waals surface area contributed by atoms with Crippen LogP contribution in [-0.2, 0) is 6.54 Å². The molecule has 0 bridgehead atoms. The zero-order chi connectivity index (χ0) is 24.1. The van der Waals surface area contributed by atoms with E-state index in [1.54, 1.807) is 0 Å². The first-order valence-electron chi connectivity index (χ1n) is 10.5. The number of pyridine rings is 2. The number of anilines is 3. The van der Waals surface area contributed by atoms with Gasteiger partial charge >= 0.3 is 0 Å². The Hall–Kier alpha value is -3.41. The van der Waals surface area contributed by atoms with Crippen LogP contribution in [0.1, 0.15) is 30.6 Å². The summed E-state index contributed by atoms with van der Waals surface area (Å²) >= 11 is 0. The van der Waals surface area contributed by atoms with Crippen LogP contribution in [0.3, 0.4) is 0 Å². The van der Waals surface area contributed by atoms with Crippen molar-refractivity contribution in [2.75, 3.05) is 23.7 Å². The molecule has 1 amide bonds. The Kier molecular flexibility index (Phi) is 7.69. The molecule has 1 unspecified atom stereocenters. The number of amides is 1. The molecule has 3 heterocycles. The van der Waals surface area contributed by atoms with Crippen LogP contribution in [0.4, 0.5) is 30.5 Å². The second-order valence-corrected chi connectivity index (χ2v) is 8.15. The van der Waals surface area contributed by atoms with Crippen molar-refractivity contribution in [2.45, 2.75) is 33.2 Å². The molecule has 1 atom stereocenters. The van der Waals surface area contributed by atoms with E-state index in [-0.39, 0.29) is 23.1 Å². The number of nitrogens with one attached hydrogen (secondary N) is 2. The van der Waals surface area contributed by atoms with Gasteiger partial charge in [0.25, 0.3) is 12.3 Å². The van der Waals surface area contributed by atoms with Gasteiger partial charge in [0.05, 0.1) is 35.4 Å². The van der Waals surface area contributed by atoms with E-state index in [1.807, 2.05) is 0 Å². The number of hydrogen-bond donors (Lipinski definition) is 4. The predicted octanol–water partition coefficient (Wildman–Crippen LogP) is 3.11. The first-order valence-corrected chi connectivity index (χ1v) is 10.5. The summed E-state index contributed by atoms with van der Waals surface area (Å²) in [6.45, 7) is 4.37. The summed E-state index contributed by atoms with van der Waals surface area (Å²) in [5.41, 5.74) is 11.8. The summed E-state index contributed by atoms with van der Waals surface area (Å²) in [5, 5.41) is 10.3. The first-order chi connectivity index (χ1) is 15.7. The highest BCUT2D eigenvalue weighted by molar-refractivity contribution is 6.00. The van der Waals surface area contributed by atoms with E-state index in [9.17, 15) is 18.0 Å². The van der Waals surface area contributed by atoms with Crippen molar-refractivity contribution < 1.29 is 18.0 Å². The van der Waals surface area contributed by atoms with E-state index in [0.717, 1.165) is 17.2 Å². The van der Waals surface area contributed by atoms with E-state index in [4.69, 9.17) is 11.5 Å². The Balaban J connectivity index is 1.93. The fraction of sp³-hybridized carbons (Fsp3) is 0.429. The molecule has 0 aromatic carbocycles. The normalized spacial score (nSPS) is 12.5. The third kappa shape index (κ3) is 5.89. The zero-order valence-corrected chi connectivity index (χ0v) is 18.4. The van der Waals surface area contributed by atoms with Crippen LogP contribution in [0.15, 0.2) is 24.7 Å². The Morgan fingerprint density at radius 2 is 1.97 bits per heavy atom. The number of aromatic nitrogens is 4. The quantitative estimate of drug-likeness (QED) is 0.342. The maximum atomic E-state index is 14.6. The third-order valence-electron chi connectivity index (χ3n) is 5.07. The number of alkyl halides is 2. The predicted molar refractivity (Wildman–Crippen MR) is 120 cm³/mol. The van der Waals surface area contributed by atoms with Crippen LogP contribution in [-0.4, -0.2) is 45.2 Å². The van der Waals surface area contributed by atoms with Gasteiger partial charge in [-0.25, -0.2) is 18.2 Å². The lowest BCUT2D eigenvalue weighted by atomic mass is 9.97. The molecule has 0 aliphatic rings. The number of hydrogen-bond acceptors (Lipinski definition) is 7. The molecule has 3 aromatic heterocycles. The molecular formula is C21H27F3N8O. The number of rotatable bonds is 11. The van der Waals surface area contributed by atoms with Gasteiger partial charge < -0.3 is 22.1 Å². The minimum absolute atomic E-state index is 0.00420. The Morgan fingerprint density at radius 3 is 2.61 bits per heavy atom. The van der Waals surface area contributed by atoms with Crippen molar-refractivity contribution in [3.05, 3.63) is 36.0 Å². The third-order valence-corrected chi connectivity index (χ3v) is 5.07. The average Bonchev–Trinajstić information content (AvgIpc) is 3.15. The summed E-state index contributed by atoms with van der Waals surface area (Å²) in [6, 6.07) is 0.994. The lowest BCUT2D eigenvalue weighted by molar-refractivity contribution is 0.1000. The zero-order valence-electron chi connectivity index (χ0n) is 18.4. The number of fused-ring (bicyclic) bond motifs is 1. The monoisotopic (exact) mass is 464 g/mol. The molecule has 0 spiro atoms. The molecule has 3 rings (SSSR count). The number of carbonyl (C=O) groups is 1. The highest BCUT2D eigenvalue weighted by Crippen LogP contribution is 2.28. The van der Waals surface area contributed by atoms with Gasteiger partial charge in [0.1, 0.15) is 12.4 Å². The van der Waals surface area contributed by atoms with E-state index in [0.29, 0.717) is 35.6 Å². The van der Waals surface area contributed by atoms with Crippen LogP contribution in [0.2, 0.25) is 0 Å². The SMILES string of the molecule is CC(C)CC(CN)CNc1nc(Nc2cncc3c2cnn3CC(F)F)c(C(N)=O)cc1F. The molecule has 3 aromatic rings. The van der Waals surface area contributed by atoms with Crippen molar-refractivity contribution in [2.24, 2.45) is 23.3 Å². The average molecular weight is 464 g/mol. The standard InChI is InChI=1S/C21H27F3N8O/c1-11(2)3-12(5-25)6-28-21-15(22)4-13(19(26)33)20(31-21)30-16-8-27-9-17-14(16)7-29-32(17)10-18(23)24/h4,7-9,11-12,18H,3,5-6,10,25H2,1-2H3,(H2,26,33)(H2,28,30,31). The molecular weight excluding hydrogens is 437 g/mol. The van der Waals surface area contributed by atoms with Gasteiger partial charge in [-0.2, -0.15) is 5.10 Å². The number of nitrogens with zero attached hydrogens (tertiary/aromatic N) is 4. The molecule has 33 heavy (non-hydrogen) atoms. The number of halogens is 3. The number of primary amides is 1. The lowest BCUT2D eigenvalue weighted by Gasteiger charge is -2.19. The fourth-order valence-electron chi connectivity index (χ4n) is 3.56. The fourth-order valence-corrected chi connectivity index (χ4v) is 3.56. The second kappa shape index (κ2) is 10.5. The highest BCUT2D eigenvalue weighted by atomic mass is 19.3. The summed E-state index contributed by atoms with van der Waals surface area (Å²) in [4.78, 5) is 20.2. The van der Waals surface area contributed by atoms with Crippen LogP contribution in [0.25, 0.3) is 10.9 Å². The minimum atomic E-state index is -2.59. The molecule has 0 saturated heterocycles. The molecule has 6 N–H and O–H groups in total. The Labute approximate surface area is 188 Å². The molecule has 0 aliphatic heterocycles. The van der Waals surface area contributed by atoms with Gasteiger partial charge in [0.2, 0.25) is 0 Å². The molecule has 12 heteroatoms. The molecule has 0 saturated carbocycles. The molecule has 0 fully saturated rings. The second-order valence-electron chi connectivity index (χ2n) is 8.15. The van der Waals surface area contributed by atoms with Crippen LogP contribution >= 0.6 is 0 Å². The lowest BCUT2D eigenvalue weighted by Crippen LogP contribution is -2.25. The van der Waals surface area contributed by atoms with E-state index in [1.165, 1.54) is 18.6 Å². The van der Waals surface area contributed by atoms with Crippen LogP contribution < -0.4 is 22.1 Å². The van der Waals surface area contributed by atoms with E-state index in [2.05, 4.69) is 39.5 Å². The molecule has 0 radical (unpaired) electrons. The van der Waals surface area contributed by atoms with Crippen molar-refractivity contribution in [1.82, 2.24) is 19.7 Å². The topological polar surface area (TPSA) is 137 Å². The van der Waals surface area contributed by atoms with Crippen LogP contribution in [0, 0.1) is 17.7 Å². The summed E-state index contributed by atoms with van der Waals surface area (Å²) in [7, 11) is 0. The maximum Gasteiger partial charge on any atom is 0.257 e. The van der Waals surface area contributed by atoms with Crippen LogP contribution in [0.5, 0.6) is 0 Å². The van der Waals surface area contributed by atoms with Gasteiger partial charge in [0, 0.05) is 11.9 Å². The number of carbonyl (C=O) groups excluding carboxylic acids is 1. The van der Waals surface area contributed by atoms with Crippen molar-refractivity contribution in [1.29, 1.82) is 0 Å². The molecule has 0 aliphatic carbocycles. The van der Waals surface area contributed by atoms with Gasteiger partial charge in [-0.05, 0) is 30.9 Å². The summed E-state index contributed by atoms with van der Waals surface area (Å²) < 4.78 is 41.4. The van der Waals surface area contributed by atoms with Gasteiger partial charge in [0.15, 0.2) is 11.6 Å². The van der Waals surface area contributed by atoms with Crippen molar-refractivity contribution >= 4 is 34.1 Å². The Bertz CT molecular complexity index is 1120. The smallest absolute Gasteiger partial charge is 0.257 e. The van der Waals surface area contributed by atoms with E-state index >= 15 is 0 Å². The summed E-state index contributed by atoms with van der Waals surface area (Å²) in [5.74, 6) is -1.17. The van der Waals surface area contributed by atoms with E-state index < -0.39 is 24.7 Å². The maximum absolute atomic E-state index is 14.6. The largest absolute Gasteiger partial charge is 0.367 e. The molecule has 9 nitrogen and oxygen atoms in total.